The summed E-state index contributed by atoms with van der Waals surface area (Å²) in [6.07, 6.45) is 3.31. The van der Waals surface area contributed by atoms with Crippen LogP contribution in [-0.2, 0) is 21.2 Å². The highest BCUT2D eigenvalue weighted by molar-refractivity contribution is 7.92. The number of rotatable bonds is 5. The van der Waals surface area contributed by atoms with Crippen molar-refractivity contribution in [3.63, 3.8) is 0 Å². The lowest BCUT2D eigenvalue weighted by atomic mass is 9.95. The Kier molecular flexibility index (Phi) is 5.10. The monoisotopic (exact) mass is 377 g/mol. The molecule has 9 heteroatoms. The van der Waals surface area contributed by atoms with E-state index in [9.17, 15) is 13.2 Å². The lowest BCUT2D eigenvalue weighted by molar-refractivity contribution is -0.119. The molecule has 26 heavy (non-hydrogen) atoms. The van der Waals surface area contributed by atoms with Crippen molar-refractivity contribution >= 4 is 21.4 Å². The van der Waals surface area contributed by atoms with Gasteiger partial charge < -0.3 is 15.2 Å². The summed E-state index contributed by atoms with van der Waals surface area (Å²) in [5.41, 5.74) is 1.35. The number of hydrogen-bond acceptors (Lipinski definition) is 6. The van der Waals surface area contributed by atoms with E-state index in [1.807, 2.05) is 17.6 Å². The molecule has 2 N–H and O–H groups in total. The van der Waals surface area contributed by atoms with Gasteiger partial charge in [-0.15, -0.1) is 10.2 Å². The summed E-state index contributed by atoms with van der Waals surface area (Å²) in [6.45, 7) is 3.72. The van der Waals surface area contributed by atoms with Gasteiger partial charge in [0, 0.05) is 24.1 Å². The van der Waals surface area contributed by atoms with E-state index in [-0.39, 0.29) is 12.8 Å². The van der Waals surface area contributed by atoms with Crippen LogP contribution in [0, 0.1) is 0 Å². The van der Waals surface area contributed by atoms with E-state index in [2.05, 4.69) is 20.8 Å². The molecule has 2 aromatic rings. The van der Waals surface area contributed by atoms with Crippen LogP contribution < -0.4 is 10.6 Å². The molecule has 3 rings (SSSR count). The molecule has 1 saturated heterocycles. The maximum absolute atomic E-state index is 12.9. The summed E-state index contributed by atoms with van der Waals surface area (Å²) < 4.78 is 25.2. The van der Waals surface area contributed by atoms with Gasteiger partial charge in [0.25, 0.3) is 0 Å². The standard InChI is InChI=1S/C17H23N5O3S/c1-3-22-12-19-21-15(22)13-5-4-6-14(11-13)20-16(23)17(26(2,24)25)7-9-18-10-8-17/h4-6,11-12,18H,3,7-10H2,1-2H3,(H,20,23). The molecule has 0 spiro atoms. The molecular weight excluding hydrogens is 354 g/mol. The number of amides is 1. The summed E-state index contributed by atoms with van der Waals surface area (Å²) in [4.78, 5) is 12.9. The number of aromatic nitrogens is 3. The number of sulfone groups is 1. The highest BCUT2D eigenvalue weighted by Gasteiger charge is 2.48. The zero-order valence-corrected chi connectivity index (χ0v) is 15.7. The van der Waals surface area contributed by atoms with Gasteiger partial charge in [0.2, 0.25) is 5.91 Å². The number of carbonyl (C=O) groups excluding carboxylic acids is 1. The number of benzene rings is 1. The highest BCUT2D eigenvalue weighted by atomic mass is 32.2. The molecule has 1 aliphatic heterocycles. The van der Waals surface area contributed by atoms with Crippen LogP contribution in [0.5, 0.6) is 0 Å². The summed E-state index contributed by atoms with van der Waals surface area (Å²) >= 11 is 0. The minimum absolute atomic E-state index is 0.265. The number of nitrogens with one attached hydrogen (secondary N) is 2. The molecule has 2 heterocycles. The summed E-state index contributed by atoms with van der Waals surface area (Å²) in [6, 6.07) is 7.20. The normalized spacial score (nSPS) is 17.0. The Morgan fingerprint density at radius 2 is 2.08 bits per heavy atom. The Balaban J connectivity index is 1.89. The van der Waals surface area contributed by atoms with E-state index in [0.29, 0.717) is 24.6 Å². The first-order chi connectivity index (χ1) is 12.4. The fraction of sp³-hybridized carbons (Fsp3) is 0.471. The van der Waals surface area contributed by atoms with Crippen LogP contribution in [0.4, 0.5) is 5.69 Å². The topological polar surface area (TPSA) is 106 Å². The predicted octanol–water partition coefficient (Wildman–Crippen LogP) is 1.07. The summed E-state index contributed by atoms with van der Waals surface area (Å²) in [5, 5.41) is 13.9. The number of carbonyl (C=O) groups is 1. The predicted molar refractivity (Wildman–Crippen MR) is 99.4 cm³/mol. The van der Waals surface area contributed by atoms with Crippen molar-refractivity contribution in [2.45, 2.75) is 31.1 Å². The van der Waals surface area contributed by atoms with Crippen molar-refractivity contribution in [1.82, 2.24) is 20.1 Å². The third kappa shape index (κ3) is 3.36. The molecule has 0 saturated carbocycles. The van der Waals surface area contributed by atoms with Crippen LogP contribution in [0.2, 0.25) is 0 Å². The van der Waals surface area contributed by atoms with Gasteiger partial charge in [0.15, 0.2) is 20.4 Å². The van der Waals surface area contributed by atoms with Crippen molar-refractivity contribution in [2.75, 3.05) is 24.7 Å². The number of hydrogen-bond donors (Lipinski definition) is 2. The fourth-order valence-electron chi connectivity index (χ4n) is 3.29. The van der Waals surface area contributed by atoms with Gasteiger partial charge in [-0.1, -0.05) is 12.1 Å². The zero-order valence-electron chi connectivity index (χ0n) is 14.9. The van der Waals surface area contributed by atoms with E-state index >= 15 is 0 Å². The molecule has 8 nitrogen and oxygen atoms in total. The Hall–Kier alpha value is -2.26. The molecule has 1 aliphatic rings. The van der Waals surface area contributed by atoms with Gasteiger partial charge in [0.05, 0.1) is 0 Å². The van der Waals surface area contributed by atoms with Crippen LogP contribution in [0.15, 0.2) is 30.6 Å². The highest BCUT2D eigenvalue weighted by Crippen LogP contribution is 2.30. The lowest BCUT2D eigenvalue weighted by Gasteiger charge is -2.34. The quantitative estimate of drug-likeness (QED) is 0.807. The third-order valence-electron chi connectivity index (χ3n) is 4.87. The Labute approximate surface area is 152 Å². The average molecular weight is 377 g/mol. The summed E-state index contributed by atoms with van der Waals surface area (Å²) in [5.74, 6) is 0.221. The van der Waals surface area contributed by atoms with E-state index in [1.165, 1.54) is 0 Å². The van der Waals surface area contributed by atoms with Gasteiger partial charge in [-0.25, -0.2) is 8.42 Å². The first-order valence-electron chi connectivity index (χ1n) is 8.57. The van der Waals surface area contributed by atoms with E-state index < -0.39 is 20.5 Å². The molecule has 1 aromatic carbocycles. The number of nitrogens with zero attached hydrogens (tertiary/aromatic N) is 3. The van der Waals surface area contributed by atoms with Crippen LogP contribution in [0.25, 0.3) is 11.4 Å². The number of piperidine rings is 1. The molecule has 140 valence electrons. The maximum atomic E-state index is 12.9. The van der Waals surface area contributed by atoms with Crippen molar-refractivity contribution in [3.05, 3.63) is 30.6 Å². The molecule has 0 aliphatic carbocycles. The first kappa shape index (κ1) is 18.5. The van der Waals surface area contributed by atoms with E-state index in [1.54, 1.807) is 24.5 Å². The summed E-state index contributed by atoms with van der Waals surface area (Å²) in [7, 11) is -3.55. The van der Waals surface area contributed by atoms with Gasteiger partial charge in [-0.3, -0.25) is 4.79 Å². The Morgan fingerprint density at radius 1 is 1.35 bits per heavy atom. The van der Waals surface area contributed by atoms with Crippen molar-refractivity contribution in [3.8, 4) is 11.4 Å². The molecule has 0 bridgehead atoms. The van der Waals surface area contributed by atoms with Gasteiger partial charge >= 0.3 is 0 Å². The van der Waals surface area contributed by atoms with Crippen molar-refractivity contribution in [2.24, 2.45) is 0 Å². The SMILES string of the molecule is CCn1cnnc1-c1cccc(NC(=O)C2(S(C)(=O)=O)CCNCC2)c1. The second-order valence-corrected chi connectivity index (χ2v) is 8.82. The minimum atomic E-state index is -3.55. The third-order valence-corrected chi connectivity index (χ3v) is 6.88. The van der Waals surface area contributed by atoms with E-state index in [4.69, 9.17) is 0 Å². The largest absolute Gasteiger partial charge is 0.325 e. The minimum Gasteiger partial charge on any atom is -0.325 e. The molecule has 1 aromatic heterocycles. The zero-order chi connectivity index (χ0) is 18.8. The number of aryl methyl sites for hydroxylation is 1. The van der Waals surface area contributed by atoms with Gasteiger partial charge in [0.1, 0.15) is 6.33 Å². The van der Waals surface area contributed by atoms with E-state index in [0.717, 1.165) is 18.4 Å². The van der Waals surface area contributed by atoms with Crippen LogP contribution in [0.1, 0.15) is 19.8 Å². The molecule has 1 fully saturated rings. The van der Waals surface area contributed by atoms with Gasteiger partial charge in [-0.05, 0) is 45.0 Å². The van der Waals surface area contributed by atoms with Crippen molar-refractivity contribution in [1.29, 1.82) is 0 Å². The number of anilines is 1. The van der Waals surface area contributed by atoms with Crippen molar-refractivity contribution < 1.29 is 13.2 Å². The van der Waals surface area contributed by atoms with Gasteiger partial charge in [-0.2, -0.15) is 0 Å². The second kappa shape index (κ2) is 7.16. The molecule has 0 radical (unpaired) electrons. The smallest absolute Gasteiger partial charge is 0.245 e. The lowest BCUT2D eigenvalue weighted by Crippen LogP contribution is -2.55. The first-order valence-corrected chi connectivity index (χ1v) is 10.5. The van der Waals surface area contributed by atoms with Crippen LogP contribution in [0.3, 0.4) is 0 Å². The molecule has 1 amide bonds. The molecule has 0 unspecified atom stereocenters. The van der Waals surface area contributed by atoms with Crippen LogP contribution in [-0.4, -0.2) is 53.2 Å². The second-order valence-electron chi connectivity index (χ2n) is 6.49. The van der Waals surface area contributed by atoms with Crippen LogP contribution >= 0.6 is 0 Å². The molecule has 0 atom stereocenters. The Morgan fingerprint density at radius 3 is 2.73 bits per heavy atom. The average Bonchev–Trinajstić information content (AvgIpc) is 3.10. The fourth-order valence-corrected chi connectivity index (χ4v) is 4.62. The molecular formula is C17H23N5O3S. The maximum Gasteiger partial charge on any atom is 0.245 e. The Bertz CT molecular complexity index is 901.